The lowest BCUT2D eigenvalue weighted by Gasteiger charge is -2.30. The van der Waals surface area contributed by atoms with E-state index in [0.717, 1.165) is 5.56 Å². The second-order valence-corrected chi connectivity index (χ2v) is 7.05. The highest BCUT2D eigenvalue weighted by Gasteiger charge is 2.32. The van der Waals surface area contributed by atoms with Crippen molar-refractivity contribution in [2.24, 2.45) is 0 Å². The van der Waals surface area contributed by atoms with Gasteiger partial charge in [0.2, 0.25) is 10.0 Å². The number of benzene rings is 1. The summed E-state index contributed by atoms with van der Waals surface area (Å²) < 4.78 is 30.7. The lowest BCUT2D eigenvalue weighted by Crippen LogP contribution is -2.49. The van der Waals surface area contributed by atoms with Gasteiger partial charge in [0.15, 0.2) is 6.10 Å². The summed E-state index contributed by atoms with van der Waals surface area (Å²) in [6, 6.07) is 9.68. The Labute approximate surface area is 124 Å². The van der Waals surface area contributed by atoms with Crippen LogP contribution in [0.1, 0.15) is 12.0 Å². The van der Waals surface area contributed by atoms with Gasteiger partial charge in [-0.05, 0) is 18.4 Å². The largest absolute Gasteiger partial charge is 0.479 e. The molecule has 6 nitrogen and oxygen atoms in total. The number of nitrogens with zero attached hydrogens (tertiary/aromatic N) is 1. The minimum absolute atomic E-state index is 0.0221. The van der Waals surface area contributed by atoms with Crippen LogP contribution in [0, 0.1) is 0 Å². The summed E-state index contributed by atoms with van der Waals surface area (Å²) in [5, 5.41) is 8.90. The summed E-state index contributed by atoms with van der Waals surface area (Å²) in [4.78, 5) is 10.9. The maximum atomic E-state index is 12.2. The summed E-state index contributed by atoms with van der Waals surface area (Å²) in [5.74, 6) is -1.10. The van der Waals surface area contributed by atoms with Crippen LogP contribution < -0.4 is 0 Å². The molecule has 1 aliphatic heterocycles. The fraction of sp³-hybridized carbons (Fsp3) is 0.500. The van der Waals surface area contributed by atoms with E-state index in [1.165, 1.54) is 4.31 Å². The molecule has 2 rings (SSSR count). The second kappa shape index (κ2) is 7.02. The van der Waals surface area contributed by atoms with E-state index < -0.39 is 22.1 Å². The van der Waals surface area contributed by atoms with E-state index in [1.54, 1.807) is 0 Å². The average molecular weight is 313 g/mol. The van der Waals surface area contributed by atoms with Gasteiger partial charge in [0, 0.05) is 6.54 Å². The normalized spacial score (nSPS) is 20.3. The molecule has 21 heavy (non-hydrogen) atoms. The lowest BCUT2D eigenvalue weighted by molar-refractivity contribution is -0.153. The number of sulfonamides is 1. The van der Waals surface area contributed by atoms with Crippen LogP contribution in [0.2, 0.25) is 0 Å². The number of morpholine rings is 1. The zero-order chi connectivity index (χ0) is 15.3. The van der Waals surface area contributed by atoms with Gasteiger partial charge >= 0.3 is 5.97 Å². The molecule has 0 aromatic heterocycles. The number of aliphatic carboxylic acids is 1. The number of hydrogen-bond acceptors (Lipinski definition) is 4. The first-order valence-corrected chi connectivity index (χ1v) is 8.46. The molecule has 0 radical (unpaired) electrons. The second-order valence-electron chi connectivity index (χ2n) is 4.96. The number of carboxylic acid groups (broad SMARTS) is 1. The fourth-order valence-electron chi connectivity index (χ4n) is 2.26. The Balaban J connectivity index is 1.88. The molecule has 1 atom stereocenters. The summed E-state index contributed by atoms with van der Waals surface area (Å²) in [6.45, 7) is 0.231. The highest BCUT2D eigenvalue weighted by Crippen LogP contribution is 2.13. The van der Waals surface area contributed by atoms with E-state index in [0.29, 0.717) is 12.8 Å². The van der Waals surface area contributed by atoms with E-state index in [2.05, 4.69) is 0 Å². The smallest absolute Gasteiger partial charge is 0.334 e. The van der Waals surface area contributed by atoms with Crippen molar-refractivity contribution in [2.75, 3.05) is 25.4 Å². The first kappa shape index (κ1) is 15.9. The number of carboxylic acids is 1. The molecule has 0 spiro atoms. The maximum absolute atomic E-state index is 12.2. The third-order valence-corrected chi connectivity index (χ3v) is 5.33. The van der Waals surface area contributed by atoms with Gasteiger partial charge in [0.05, 0.1) is 18.9 Å². The third-order valence-electron chi connectivity index (χ3n) is 3.41. The van der Waals surface area contributed by atoms with Crippen molar-refractivity contribution in [3.8, 4) is 0 Å². The van der Waals surface area contributed by atoms with Crippen molar-refractivity contribution >= 4 is 16.0 Å². The van der Waals surface area contributed by atoms with E-state index in [1.807, 2.05) is 30.3 Å². The van der Waals surface area contributed by atoms with Gasteiger partial charge in [0.25, 0.3) is 0 Å². The molecule has 116 valence electrons. The molecule has 1 heterocycles. The molecule has 1 fully saturated rings. The summed E-state index contributed by atoms with van der Waals surface area (Å²) in [5.41, 5.74) is 1.10. The fourth-order valence-corrected chi connectivity index (χ4v) is 3.74. The topological polar surface area (TPSA) is 83.9 Å². The highest BCUT2D eigenvalue weighted by molar-refractivity contribution is 7.89. The minimum Gasteiger partial charge on any atom is -0.479 e. The van der Waals surface area contributed by atoms with Crippen LogP contribution in [0.3, 0.4) is 0 Å². The van der Waals surface area contributed by atoms with Gasteiger partial charge in [-0.3, -0.25) is 0 Å². The van der Waals surface area contributed by atoms with Gasteiger partial charge < -0.3 is 9.84 Å². The van der Waals surface area contributed by atoms with Crippen molar-refractivity contribution in [3.05, 3.63) is 35.9 Å². The van der Waals surface area contributed by atoms with Crippen molar-refractivity contribution in [1.29, 1.82) is 0 Å². The van der Waals surface area contributed by atoms with Crippen LogP contribution in [-0.4, -0.2) is 55.4 Å². The predicted octanol–water partition coefficient (Wildman–Crippen LogP) is 0.734. The molecule has 1 aromatic carbocycles. The first-order chi connectivity index (χ1) is 9.99. The zero-order valence-corrected chi connectivity index (χ0v) is 12.5. The van der Waals surface area contributed by atoms with Crippen LogP contribution in [0.4, 0.5) is 0 Å². The van der Waals surface area contributed by atoms with Crippen molar-refractivity contribution < 1.29 is 23.1 Å². The SMILES string of the molecule is O=C(O)C1CN(S(=O)(=O)CCCc2ccccc2)CCO1. The van der Waals surface area contributed by atoms with Gasteiger partial charge in [0.1, 0.15) is 0 Å². The molecule has 1 N–H and O–H groups in total. The van der Waals surface area contributed by atoms with Crippen LogP contribution in [-0.2, 0) is 26.0 Å². The molecule has 1 unspecified atom stereocenters. The first-order valence-electron chi connectivity index (χ1n) is 6.85. The molecule has 1 saturated heterocycles. The predicted molar refractivity (Wildman–Crippen MR) is 77.5 cm³/mol. The quantitative estimate of drug-likeness (QED) is 0.837. The maximum Gasteiger partial charge on any atom is 0.334 e. The van der Waals surface area contributed by atoms with Gasteiger partial charge in [-0.1, -0.05) is 30.3 Å². The monoisotopic (exact) mass is 313 g/mol. The van der Waals surface area contributed by atoms with Gasteiger partial charge in [-0.25, -0.2) is 13.2 Å². The Hall–Kier alpha value is -1.44. The molecule has 7 heteroatoms. The van der Waals surface area contributed by atoms with Crippen molar-refractivity contribution in [1.82, 2.24) is 4.31 Å². The number of rotatable bonds is 6. The highest BCUT2D eigenvalue weighted by atomic mass is 32.2. The number of ether oxygens (including phenoxy) is 1. The zero-order valence-electron chi connectivity index (χ0n) is 11.6. The minimum atomic E-state index is -3.43. The average Bonchev–Trinajstić information content (AvgIpc) is 2.48. The number of aryl methyl sites for hydroxylation is 1. The Bertz CT molecular complexity index is 572. The van der Waals surface area contributed by atoms with E-state index in [9.17, 15) is 13.2 Å². The molecule has 0 bridgehead atoms. The Morgan fingerprint density at radius 2 is 2.05 bits per heavy atom. The molecule has 1 aromatic rings. The molecule has 0 aliphatic carbocycles. The van der Waals surface area contributed by atoms with Crippen LogP contribution in [0.5, 0.6) is 0 Å². The standard InChI is InChI=1S/C14H19NO5S/c16-14(17)13-11-15(8-9-20-13)21(18,19)10-4-7-12-5-2-1-3-6-12/h1-3,5-6,13H,4,7-11H2,(H,16,17). The van der Waals surface area contributed by atoms with E-state index in [-0.39, 0.29) is 25.4 Å². The number of carbonyl (C=O) groups is 1. The van der Waals surface area contributed by atoms with Crippen molar-refractivity contribution in [2.45, 2.75) is 18.9 Å². The van der Waals surface area contributed by atoms with Crippen LogP contribution in [0.15, 0.2) is 30.3 Å². The van der Waals surface area contributed by atoms with Crippen molar-refractivity contribution in [3.63, 3.8) is 0 Å². The van der Waals surface area contributed by atoms with Gasteiger partial charge in [-0.2, -0.15) is 4.31 Å². The lowest BCUT2D eigenvalue weighted by atomic mass is 10.1. The molecular formula is C14H19NO5S. The Kier molecular flexibility index (Phi) is 5.33. The molecule has 0 saturated carbocycles. The third kappa shape index (κ3) is 4.52. The summed E-state index contributed by atoms with van der Waals surface area (Å²) in [7, 11) is -3.43. The van der Waals surface area contributed by atoms with Crippen LogP contribution in [0.25, 0.3) is 0 Å². The molecular weight excluding hydrogens is 294 g/mol. The van der Waals surface area contributed by atoms with E-state index in [4.69, 9.17) is 9.84 Å². The van der Waals surface area contributed by atoms with Gasteiger partial charge in [-0.15, -0.1) is 0 Å². The summed E-state index contributed by atoms with van der Waals surface area (Å²) >= 11 is 0. The molecule has 1 aliphatic rings. The Morgan fingerprint density at radius 1 is 1.33 bits per heavy atom. The summed E-state index contributed by atoms with van der Waals surface area (Å²) in [6.07, 6.45) is 0.136. The van der Waals surface area contributed by atoms with Crippen LogP contribution >= 0.6 is 0 Å². The molecule has 0 amide bonds. The number of hydrogen-bond donors (Lipinski definition) is 1. The van der Waals surface area contributed by atoms with E-state index >= 15 is 0 Å². The Morgan fingerprint density at radius 3 is 2.71 bits per heavy atom.